The molecule has 2 aliphatic rings. The molecule has 3 aromatic rings. The number of hydroxylamine groups is 1. The largest absolute Gasteiger partial charge is 0.416 e. The third kappa shape index (κ3) is 4.08. The van der Waals surface area contributed by atoms with E-state index in [4.69, 9.17) is 16.4 Å². The van der Waals surface area contributed by atoms with Crippen LogP contribution in [0.4, 0.5) is 30.2 Å². The number of anilines is 3. The number of alkyl halides is 3. The van der Waals surface area contributed by atoms with Crippen molar-refractivity contribution in [1.29, 1.82) is 0 Å². The average molecular weight is 516 g/mol. The lowest BCUT2D eigenvalue weighted by molar-refractivity contribution is -0.137. The molecule has 2 aliphatic heterocycles. The SMILES string of the molecule is CN(C)c1ccc(N2C(=O)[C@H]3[C@H](ON(c4ccc(Cl)cc4)[C@H]3c3ccc(C(F)(F)F)cc3)C2=O)cc1. The zero-order valence-electron chi connectivity index (χ0n) is 19.2. The van der Waals surface area contributed by atoms with Crippen LogP contribution in [0, 0.1) is 5.92 Å². The van der Waals surface area contributed by atoms with Crippen molar-refractivity contribution >= 4 is 40.5 Å². The summed E-state index contributed by atoms with van der Waals surface area (Å²) in [5.74, 6) is -1.97. The molecule has 0 spiro atoms. The van der Waals surface area contributed by atoms with Crippen molar-refractivity contribution in [2.75, 3.05) is 29.0 Å². The van der Waals surface area contributed by atoms with Crippen LogP contribution >= 0.6 is 11.6 Å². The zero-order chi connectivity index (χ0) is 25.8. The molecule has 0 N–H and O–H groups in total. The van der Waals surface area contributed by atoms with Gasteiger partial charge in [-0.25, -0.2) is 9.96 Å². The van der Waals surface area contributed by atoms with Gasteiger partial charge >= 0.3 is 6.18 Å². The normalized spacial score (nSPS) is 21.8. The quantitative estimate of drug-likeness (QED) is 0.431. The molecule has 5 rings (SSSR count). The highest BCUT2D eigenvalue weighted by Crippen LogP contribution is 2.48. The van der Waals surface area contributed by atoms with Crippen LogP contribution in [0.3, 0.4) is 0 Å². The summed E-state index contributed by atoms with van der Waals surface area (Å²) in [5, 5.41) is 1.89. The summed E-state index contributed by atoms with van der Waals surface area (Å²) in [6.07, 6.45) is -5.63. The van der Waals surface area contributed by atoms with Crippen LogP contribution in [0.25, 0.3) is 0 Å². The Morgan fingerprint density at radius 3 is 1.97 bits per heavy atom. The Morgan fingerprint density at radius 1 is 0.833 bits per heavy atom. The summed E-state index contributed by atoms with van der Waals surface area (Å²) >= 11 is 6.01. The molecular formula is C26H21ClF3N3O3. The Balaban J connectivity index is 1.54. The van der Waals surface area contributed by atoms with Crippen molar-refractivity contribution in [1.82, 2.24) is 0 Å². The number of fused-ring (bicyclic) bond motifs is 1. The monoisotopic (exact) mass is 515 g/mol. The first-order valence-electron chi connectivity index (χ1n) is 11.1. The smallest absolute Gasteiger partial charge is 0.378 e. The molecule has 2 fully saturated rings. The van der Waals surface area contributed by atoms with Crippen LogP contribution in [0.5, 0.6) is 0 Å². The Morgan fingerprint density at radius 2 is 1.42 bits per heavy atom. The number of carbonyl (C=O) groups excluding carboxylic acids is 2. The highest BCUT2D eigenvalue weighted by atomic mass is 35.5. The second kappa shape index (κ2) is 8.83. The molecule has 0 radical (unpaired) electrons. The number of carbonyl (C=O) groups is 2. The number of benzene rings is 3. The van der Waals surface area contributed by atoms with Crippen LogP contribution in [0.15, 0.2) is 72.8 Å². The van der Waals surface area contributed by atoms with E-state index in [9.17, 15) is 22.8 Å². The third-order valence-corrected chi connectivity index (χ3v) is 6.65. The van der Waals surface area contributed by atoms with Crippen LogP contribution in [0.2, 0.25) is 5.02 Å². The molecular weight excluding hydrogens is 495 g/mol. The topological polar surface area (TPSA) is 53.1 Å². The number of halogens is 4. The maximum atomic E-state index is 13.6. The lowest BCUT2D eigenvalue weighted by atomic mass is 9.90. The molecule has 3 atom stereocenters. The molecule has 10 heteroatoms. The van der Waals surface area contributed by atoms with Crippen molar-refractivity contribution < 1.29 is 27.6 Å². The Bertz CT molecular complexity index is 1300. The van der Waals surface area contributed by atoms with E-state index in [0.29, 0.717) is 22.0 Å². The molecule has 186 valence electrons. The maximum absolute atomic E-state index is 13.6. The van der Waals surface area contributed by atoms with Gasteiger partial charge in [0.25, 0.3) is 5.91 Å². The average Bonchev–Trinajstić information content (AvgIpc) is 3.35. The van der Waals surface area contributed by atoms with Gasteiger partial charge in [0.1, 0.15) is 5.92 Å². The second-order valence-electron chi connectivity index (χ2n) is 8.84. The minimum Gasteiger partial charge on any atom is -0.378 e. The lowest BCUT2D eigenvalue weighted by Crippen LogP contribution is -2.37. The first kappa shape index (κ1) is 24.1. The number of amides is 2. The number of rotatable bonds is 4. The molecule has 0 aliphatic carbocycles. The molecule has 2 saturated heterocycles. The predicted molar refractivity (Wildman–Crippen MR) is 130 cm³/mol. The van der Waals surface area contributed by atoms with E-state index in [1.165, 1.54) is 17.2 Å². The molecule has 0 bridgehead atoms. The lowest BCUT2D eigenvalue weighted by Gasteiger charge is -2.29. The van der Waals surface area contributed by atoms with E-state index in [1.807, 2.05) is 19.0 Å². The molecule has 36 heavy (non-hydrogen) atoms. The van der Waals surface area contributed by atoms with E-state index >= 15 is 0 Å². The van der Waals surface area contributed by atoms with Gasteiger partial charge in [0.05, 0.1) is 23.0 Å². The summed E-state index contributed by atoms with van der Waals surface area (Å²) in [6.45, 7) is 0. The minimum absolute atomic E-state index is 0.401. The van der Waals surface area contributed by atoms with E-state index in [-0.39, 0.29) is 0 Å². The predicted octanol–water partition coefficient (Wildman–Crippen LogP) is 5.48. The van der Waals surface area contributed by atoms with Crippen molar-refractivity contribution in [2.24, 2.45) is 5.92 Å². The van der Waals surface area contributed by atoms with Crippen LogP contribution < -0.4 is 14.9 Å². The summed E-state index contributed by atoms with van der Waals surface area (Å²) in [4.78, 5) is 36.0. The minimum atomic E-state index is -4.50. The number of hydrogen-bond acceptors (Lipinski definition) is 5. The first-order valence-corrected chi connectivity index (χ1v) is 11.5. The fourth-order valence-corrected chi connectivity index (χ4v) is 4.71. The first-order chi connectivity index (χ1) is 17.1. The standard InChI is InChI=1S/C26H21ClF3N3O3/c1-31(2)18-11-13-19(14-12-18)32-24(34)21-22(15-3-5-16(6-4-15)26(28,29)30)33(36-23(21)25(32)35)20-9-7-17(27)8-10-20/h3-14,21-23H,1-2H3/t21-,22+,23+/m1/s1. The molecule has 0 saturated carbocycles. The van der Waals surface area contributed by atoms with Crippen molar-refractivity contribution in [2.45, 2.75) is 18.3 Å². The summed E-state index contributed by atoms with van der Waals surface area (Å²) in [5.41, 5.74) is 1.41. The summed E-state index contributed by atoms with van der Waals surface area (Å²) in [6, 6.07) is 17.2. The Hall–Kier alpha value is -3.56. The molecule has 6 nitrogen and oxygen atoms in total. The van der Waals surface area contributed by atoms with E-state index in [1.54, 1.807) is 48.5 Å². The summed E-state index contributed by atoms with van der Waals surface area (Å²) < 4.78 is 39.5. The zero-order valence-corrected chi connectivity index (χ0v) is 20.0. The van der Waals surface area contributed by atoms with E-state index in [2.05, 4.69) is 0 Å². The highest BCUT2D eigenvalue weighted by Gasteiger charge is 2.60. The van der Waals surface area contributed by atoms with Gasteiger partial charge in [-0.2, -0.15) is 13.2 Å². The molecule has 0 aromatic heterocycles. The number of imide groups is 1. The van der Waals surface area contributed by atoms with Gasteiger partial charge in [-0.3, -0.25) is 14.4 Å². The van der Waals surface area contributed by atoms with E-state index in [0.717, 1.165) is 22.7 Å². The van der Waals surface area contributed by atoms with Crippen molar-refractivity contribution in [3.8, 4) is 0 Å². The fourth-order valence-electron chi connectivity index (χ4n) is 4.59. The number of nitrogens with zero attached hydrogens (tertiary/aromatic N) is 3. The van der Waals surface area contributed by atoms with Gasteiger partial charge in [-0.15, -0.1) is 0 Å². The van der Waals surface area contributed by atoms with Gasteiger partial charge in [-0.1, -0.05) is 23.7 Å². The molecule has 3 aromatic carbocycles. The van der Waals surface area contributed by atoms with Crippen molar-refractivity contribution in [3.05, 3.63) is 88.9 Å². The Labute approximate surface area is 210 Å². The van der Waals surface area contributed by atoms with E-state index < -0.39 is 41.6 Å². The van der Waals surface area contributed by atoms with Crippen molar-refractivity contribution in [3.63, 3.8) is 0 Å². The van der Waals surface area contributed by atoms with Gasteiger partial charge in [0, 0.05) is 24.8 Å². The van der Waals surface area contributed by atoms with Crippen LogP contribution in [-0.4, -0.2) is 32.0 Å². The molecule has 2 amide bonds. The highest BCUT2D eigenvalue weighted by molar-refractivity contribution is 6.30. The van der Waals surface area contributed by atoms with Gasteiger partial charge in [-0.05, 0) is 66.2 Å². The maximum Gasteiger partial charge on any atom is 0.416 e. The van der Waals surface area contributed by atoms with Gasteiger partial charge in [0.2, 0.25) is 5.91 Å². The van der Waals surface area contributed by atoms with Crippen LogP contribution in [-0.2, 0) is 20.6 Å². The fraction of sp³-hybridized carbons (Fsp3) is 0.231. The van der Waals surface area contributed by atoms with Gasteiger partial charge in [0.15, 0.2) is 6.10 Å². The van der Waals surface area contributed by atoms with Crippen LogP contribution in [0.1, 0.15) is 17.2 Å². The molecule has 0 unspecified atom stereocenters. The number of hydrogen-bond donors (Lipinski definition) is 0. The third-order valence-electron chi connectivity index (χ3n) is 6.40. The Kier molecular flexibility index (Phi) is 5.92. The van der Waals surface area contributed by atoms with Gasteiger partial charge < -0.3 is 4.90 Å². The summed E-state index contributed by atoms with van der Waals surface area (Å²) in [7, 11) is 3.75. The molecule has 2 heterocycles. The second-order valence-corrected chi connectivity index (χ2v) is 9.28.